The molecule has 4 rings (SSSR count). The minimum atomic E-state index is -0.739. The van der Waals surface area contributed by atoms with Gasteiger partial charge in [-0.2, -0.15) is 0 Å². The second-order valence-corrected chi connectivity index (χ2v) is 8.97. The molecule has 1 aliphatic rings. The molecule has 0 saturated carbocycles. The highest BCUT2D eigenvalue weighted by Gasteiger charge is 2.25. The van der Waals surface area contributed by atoms with E-state index in [2.05, 4.69) is 9.88 Å². The molecule has 1 fully saturated rings. The molecular weight excluding hydrogens is 428 g/mol. The molecule has 3 heterocycles. The topological polar surface area (TPSA) is 45.7 Å². The van der Waals surface area contributed by atoms with Gasteiger partial charge in [-0.25, -0.2) is 13.8 Å². The molecule has 1 aliphatic heterocycles. The number of morpholine rings is 1. The summed E-state index contributed by atoms with van der Waals surface area (Å²) in [4.78, 5) is 21.6. The first-order valence-electron chi connectivity index (χ1n) is 8.64. The van der Waals surface area contributed by atoms with Crippen molar-refractivity contribution in [2.24, 2.45) is 0 Å². The number of benzene rings is 1. The van der Waals surface area contributed by atoms with Crippen molar-refractivity contribution in [1.29, 1.82) is 0 Å². The van der Waals surface area contributed by atoms with Crippen LogP contribution in [0.4, 0.5) is 13.9 Å². The van der Waals surface area contributed by atoms with Crippen LogP contribution in [0.3, 0.4) is 0 Å². The Morgan fingerprint density at radius 1 is 1.25 bits per heavy atom. The summed E-state index contributed by atoms with van der Waals surface area (Å²) in [5.41, 5.74) is 0.0646. The molecule has 1 saturated heterocycles. The zero-order valence-electron chi connectivity index (χ0n) is 14.7. The monoisotopic (exact) mass is 443 g/mol. The highest BCUT2D eigenvalue weighted by Crippen LogP contribution is 2.33. The fraction of sp³-hybridized carbons (Fsp3) is 0.333. The Hall–Kier alpha value is -1.65. The molecule has 5 nitrogen and oxygen atoms in total. The van der Waals surface area contributed by atoms with Gasteiger partial charge in [0.25, 0.3) is 5.91 Å². The van der Waals surface area contributed by atoms with E-state index in [1.807, 2.05) is 0 Å². The number of thiazole rings is 1. The number of anilines is 1. The summed E-state index contributed by atoms with van der Waals surface area (Å²) in [6.45, 7) is 3.87. The number of aromatic nitrogens is 1. The zero-order chi connectivity index (χ0) is 19.7. The van der Waals surface area contributed by atoms with Gasteiger partial charge in [0.15, 0.2) is 10.9 Å². The number of carbonyl (C=O) groups excluding carboxylic acids is 1. The van der Waals surface area contributed by atoms with Crippen LogP contribution in [0.5, 0.6) is 0 Å². The van der Waals surface area contributed by atoms with Gasteiger partial charge in [0.05, 0.1) is 27.1 Å². The summed E-state index contributed by atoms with van der Waals surface area (Å²) in [5, 5.41) is 0.335. The molecular formula is C18H16ClF2N3O2S2. The number of thiophene rings is 1. The van der Waals surface area contributed by atoms with Crippen molar-refractivity contribution in [3.05, 3.63) is 45.1 Å². The van der Waals surface area contributed by atoms with Crippen LogP contribution >= 0.6 is 34.3 Å². The van der Waals surface area contributed by atoms with Crippen LogP contribution < -0.4 is 4.90 Å². The molecule has 0 bridgehead atoms. The molecule has 10 heteroatoms. The maximum atomic E-state index is 14.1. The van der Waals surface area contributed by atoms with Crippen LogP contribution in [-0.4, -0.2) is 55.2 Å². The number of hydrogen-bond donors (Lipinski definition) is 0. The number of carbonyl (C=O) groups is 1. The third-order valence-electron chi connectivity index (χ3n) is 4.41. The minimum Gasteiger partial charge on any atom is -0.379 e. The van der Waals surface area contributed by atoms with E-state index in [-0.39, 0.29) is 11.4 Å². The number of amides is 1. The average Bonchev–Trinajstić information content (AvgIpc) is 3.29. The number of hydrogen-bond acceptors (Lipinski definition) is 6. The number of rotatable bonds is 5. The van der Waals surface area contributed by atoms with E-state index in [1.165, 1.54) is 22.3 Å². The average molecular weight is 444 g/mol. The summed E-state index contributed by atoms with van der Waals surface area (Å²) in [6, 6.07) is 5.34. The smallest absolute Gasteiger partial charge is 0.270 e. The minimum absolute atomic E-state index is 0.0646. The Morgan fingerprint density at radius 2 is 2.04 bits per heavy atom. The fourth-order valence-corrected chi connectivity index (χ4v) is 4.99. The van der Waals surface area contributed by atoms with Gasteiger partial charge in [-0.15, -0.1) is 11.3 Å². The van der Waals surface area contributed by atoms with Gasteiger partial charge in [0.2, 0.25) is 0 Å². The third-order valence-corrected chi connectivity index (χ3v) is 6.65. The second kappa shape index (κ2) is 8.38. The fourth-order valence-electron chi connectivity index (χ4n) is 2.97. The Balaban J connectivity index is 1.65. The van der Waals surface area contributed by atoms with Gasteiger partial charge < -0.3 is 4.74 Å². The SMILES string of the molecule is O=C(c1ccc(Cl)s1)N(CCN1CCOCC1)c1nc2c(F)cc(F)cc2s1. The first-order chi connectivity index (χ1) is 13.5. The van der Waals surface area contributed by atoms with Crippen molar-refractivity contribution in [2.75, 3.05) is 44.3 Å². The third kappa shape index (κ3) is 4.18. The predicted molar refractivity (Wildman–Crippen MR) is 108 cm³/mol. The summed E-state index contributed by atoms with van der Waals surface area (Å²) < 4.78 is 33.9. The van der Waals surface area contributed by atoms with Crippen LogP contribution in [0.1, 0.15) is 9.67 Å². The zero-order valence-corrected chi connectivity index (χ0v) is 17.0. The molecule has 0 atom stereocenters. The molecule has 0 unspecified atom stereocenters. The largest absolute Gasteiger partial charge is 0.379 e. The summed E-state index contributed by atoms with van der Waals surface area (Å²) >= 11 is 8.25. The summed E-state index contributed by atoms with van der Waals surface area (Å²) in [6.07, 6.45) is 0. The van der Waals surface area contributed by atoms with Crippen LogP contribution in [0, 0.1) is 11.6 Å². The van der Waals surface area contributed by atoms with Crippen molar-refractivity contribution in [1.82, 2.24) is 9.88 Å². The number of nitrogens with zero attached hydrogens (tertiary/aromatic N) is 3. The van der Waals surface area contributed by atoms with Crippen LogP contribution in [0.15, 0.2) is 24.3 Å². The first-order valence-corrected chi connectivity index (χ1v) is 10.7. The molecule has 0 aliphatic carbocycles. The number of halogens is 3. The van der Waals surface area contributed by atoms with Gasteiger partial charge in [-0.05, 0) is 18.2 Å². The Morgan fingerprint density at radius 3 is 2.75 bits per heavy atom. The lowest BCUT2D eigenvalue weighted by Crippen LogP contribution is -2.43. The molecule has 1 aromatic carbocycles. The van der Waals surface area contributed by atoms with Gasteiger partial charge >= 0.3 is 0 Å². The molecule has 148 valence electrons. The maximum absolute atomic E-state index is 14.1. The lowest BCUT2D eigenvalue weighted by atomic mass is 10.3. The van der Waals surface area contributed by atoms with Crippen molar-refractivity contribution in [2.45, 2.75) is 0 Å². The molecule has 2 aromatic heterocycles. The van der Waals surface area contributed by atoms with E-state index < -0.39 is 11.6 Å². The molecule has 0 N–H and O–H groups in total. The summed E-state index contributed by atoms with van der Waals surface area (Å²) in [5.74, 6) is -1.67. The van der Waals surface area contributed by atoms with E-state index in [4.69, 9.17) is 16.3 Å². The lowest BCUT2D eigenvalue weighted by Gasteiger charge is -2.29. The molecule has 0 radical (unpaired) electrons. The van der Waals surface area contributed by atoms with Gasteiger partial charge in [0, 0.05) is 32.2 Å². The lowest BCUT2D eigenvalue weighted by molar-refractivity contribution is 0.0391. The molecule has 28 heavy (non-hydrogen) atoms. The first kappa shape index (κ1) is 19.7. The van der Waals surface area contributed by atoms with Crippen molar-refractivity contribution in [3.63, 3.8) is 0 Å². The van der Waals surface area contributed by atoms with Crippen molar-refractivity contribution in [3.8, 4) is 0 Å². The normalized spacial score (nSPS) is 15.2. The van der Waals surface area contributed by atoms with Crippen molar-refractivity contribution < 1.29 is 18.3 Å². The van der Waals surface area contributed by atoms with Crippen LogP contribution in [0.2, 0.25) is 4.34 Å². The summed E-state index contributed by atoms with van der Waals surface area (Å²) in [7, 11) is 0. The van der Waals surface area contributed by atoms with Crippen LogP contribution in [0.25, 0.3) is 10.2 Å². The number of fused-ring (bicyclic) bond motifs is 1. The van der Waals surface area contributed by atoms with E-state index in [9.17, 15) is 13.6 Å². The van der Waals surface area contributed by atoms with Gasteiger partial charge in [0.1, 0.15) is 11.3 Å². The van der Waals surface area contributed by atoms with Gasteiger partial charge in [-0.3, -0.25) is 14.6 Å². The quantitative estimate of drug-likeness (QED) is 0.591. The van der Waals surface area contributed by atoms with E-state index in [0.29, 0.717) is 45.3 Å². The Kier molecular flexibility index (Phi) is 5.88. The van der Waals surface area contributed by atoms with E-state index >= 15 is 0 Å². The molecule has 0 spiro atoms. The van der Waals surface area contributed by atoms with Gasteiger partial charge in [-0.1, -0.05) is 22.9 Å². The molecule has 1 amide bonds. The Labute approximate surface area is 173 Å². The van der Waals surface area contributed by atoms with E-state index in [1.54, 1.807) is 12.1 Å². The number of ether oxygens (including phenoxy) is 1. The van der Waals surface area contributed by atoms with Crippen LogP contribution in [-0.2, 0) is 4.74 Å². The maximum Gasteiger partial charge on any atom is 0.270 e. The second-order valence-electron chi connectivity index (χ2n) is 6.25. The molecule has 3 aromatic rings. The highest BCUT2D eigenvalue weighted by atomic mass is 35.5. The van der Waals surface area contributed by atoms with Crippen molar-refractivity contribution >= 4 is 55.5 Å². The Bertz CT molecular complexity index is 1000. The standard InChI is InChI=1S/C18H16ClF2N3O2S2/c19-15-2-1-13(27-15)17(25)24(4-3-23-5-7-26-8-6-23)18-22-16-12(21)9-11(20)10-14(16)28-18/h1-2,9-10H,3-8H2. The highest BCUT2D eigenvalue weighted by molar-refractivity contribution is 7.22. The van der Waals surface area contributed by atoms with E-state index in [0.717, 1.165) is 30.5 Å². The predicted octanol–water partition coefficient (Wildman–Crippen LogP) is 4.27.